The van der Waals surface area contributed by atoms with Crippen LogP contribution in [0.4, 0.5) is 0 Å². The van der Waals surface area contributed by atoms with Crippen molar-refractivity contribution in [2.45, 2.75) is 6.92 Å². The largest absolute Gasteiger partial charge is 0.228 e. The highest BCUT2D eigenvalue weighted by Crippen LogP contribution is 1.84. The summed E-state index contributed by atoms with van der Waals surface area (Å²) >= 11 is 0. The van der Waals surface area contributed by atoms with Crippen molar-refractivity contribution < 1.29 is 8.42 Å². The summed E-state index contributed by atoms with van der Waals surface area (Å²) in [6, 6.07) is 1.57. The van der Waals surface area contributed by atoms with E-state index < -0.39 is 9.84 Å². The van der Waals surface area contributed by atoms with Gasteiger partial charge in [-0.15, -0.1) is 37.2 Å². The molecule has 0 aliphatic heterocycles. The van der Waals surface area contributed by atoms with Crippen LogP contribution in [0.5, 0.6) is 0 Å². The van der Waals surface area contributed by atoms with Crippen LogP contribution in [0.15, 0.2) is 0 Å². The van der Waals surface area contributed by atoms with Gasteiger partial charge >= 0.3 is 0 Å². The number of nitrogens with zero attached hydrogens (tertiary/aromatic N) is 1. The number of hydrogen-bond donors (Lipinski definition) is 0. The first-order valence-corrected chi connectivity index (χ1v) is 4.02. The van der Waals surface area contributed by atoms with E-state index in [1.54, 1.807) is 6.07 Å². The molecule has 11 heavy (non-hydrogen) atoms. The maximum absolute atomic E-state index is 10.4. The predicted octanol–water partition coefficient (Wildman–Crippen LogP) is 1.21. The SMILES string of the molecule is CCS(=O)(=O)CC#N.Cl.Cl.Cl. The van der Waals surface area contributed by atoms with Crippen LogP contribution in [-0.4, -0.2) is 19.9 Å². The van der Waals surface area contributed by atoms with Gasteiger partial charge in [-0.1, -0.05) is 6.92 Å². The van der Waals surface area contributed by atoms with E-state index >= 15 is 0 Å². The average Bonchev–Trinajstić information content (AvgIpc) is 1.67. The third kappa shape index (κ3) is 13.3. The van der Waals surface area contributed by atoms with Crippen LogP contribution < -0.4 is 0 Å². The molecule has 0 unspecified atom stereocenters. The van der Waals surface area contributed by atoms with E-state index in [4.69, 9.17) is 5.26 Å². The molecule has 0 aromatic rings. The van der Waals surface area contributed by atoms with E-state index in [1.807, 2.05) is 0 Å². The normalized spacial score (nSPS) is 7.64. The van der Waals surface area contributed by atoms with Crippen LogP contribution in [0, 0.1) is 11.3 Å². The average molecular weight is 243 g/mol. The lowest BCUT2D eigenvalue weighted by atomic mass is 10.9. The van der Waals surface area contributed by atoms with Gasteiger partial charge < -0.3 is 0 Å². The molecular weight excluding hydrogens is 232 g/mol. The van der Waals surface area contributed by atoms with Gasteiger partial charge in [-0.2, -0.15) is 5.26 Å². The highest BCUT2D eigenvalue weighted by Gasteiger charge is 2.03. The molecule has 0 N–H and O–H groups in total. The second kappa shape index (κ2) is 10.3. The Bertz CT molecular complexity index is 196. The Morgan fingerprint density at radius 3 is 1.73 bits per heavy atom. The second-order valence-corrected chi connectivity index (χ2v) is 3.69. The lowest BCUT2D eigenvalue weighted by Crippen LogP contribution is -2.05. The first-order chi connectivity index (χ1) is 3.62. The molecule has 0 aromatic heterocycles. The molecule has 7 heteroatoms. The molecule has 0 saturated carbocycles. The van der Waals surface area contributed by atoms with Crippen molar-refractivity contribution >= 4 is 47.1 Å². The van der Waals surface area contributed by atoms with Crippen LogP contribution in [0.1, 0.15) is 6.92 Å². The first kappa shape index (κ1) is 22.5. The quantitative estimate of drug-likeness (QED) is 0.731. The van der Waals surface area contributed by atoms with Crippen molar-refractivity contribution in [1.82, 2.24) is 0 Å². The third-order valence-electron chi connectivity index (χ3n) is 0.724. The zero-order chi connectivity index (χ0) is 6.62. The third-order valence-corrected chi connectivity index (χ3v) is 2.17. The van der Waals surface area contributed by atoms with E-state index in [-0.39, 0.29) is 48.7 Å². The Balaban J connectivity index is -0.0000000817. The molecule has 0 rings (SSSR count). The summed E-state index contributed by atoms with van der Waals surface area (Å²) in [4.78, 5) is 0. The van der Waals surface area contributed by atoms with Crippen molar-refractivity contribution in [3.05, 3.63) is 0 Å². The summed E-state index contributed by atoms with van der Waals surface area (Å²) in [6.45, 7) is 1.52. The van der Waals surface area contributed by atoms with Gasteiger partial charge in [0.1, 0.15) is 5.75 Å². The van der Waals surface area contributed by atoms with Crippen molar-refractivity contribution in [1.29, 1.82) is 5.26 Å². The molecule has 0 bridgehead atoms. The Morgan fingerprint density at radius 1 is 1.27 bits per heavy atom. The summed E-state index contributed by atoms with van der Waals surface area (Å²) in [7, 11) is -3.03. The van der Waals surface area contributed by atoms with Crippen LogP contribution in [0.25, 0.3) is 0 Å². The Kier molecular flexibility index (Phi) is 21.1. The van der Waals surface area contributed by atoms with Crippen molar-refractivity contribution in [3.8, 4) is 6.07 Å². The summed E-state index contributed by atoms with van der Waals surface area (Å²) in [5.74, 6) is -0.302. The molecule has 0 radical (unpaired) electrons. The van der Waals surface area contributed by atoms with Crippen LogP contribution in [0.2, 0.25) is 0 Å². The van der Waals surface area contributed by atoms with Gasteiger partial charge in [0, 0.05) is 5.75 Å². The molecule has 0 aliphatic rings. The van der Waals surface area contributed by atoms with E-state index in [2.05, 4.69) is 0 Å². The predicted molar refractivity (Wildman–Crippen MR) is 51.7 cm³/mol. The lowest BCUT2D eigenvalue weighted by molar-refractivity contribution is 0.600. The number of hydrogen-bond acceptors (Lipinski definition) is 3. The monoisotopic (exact) mass is 241 g/mol. The fraction of sp³-hybridized carbons (Fsp3) is 0.750. The smallest absolute Gasteiger partial charge is 0.163 e. The molecule has 0 aliphatic carbocycles. The second-order valence-electron chi connectivity index (χ2n) is 1.33. The summed E-state index contributed by atoms with van der Waals surface area (Å²) in [6.07, 6.45) is 0. The molecule has 0 aromatic carbocycles. The van der Waals surface area contributed by atoms with Gasteiger partial charge in [0.15, 0.2) is 9.84 Å². The van der Waals surface area contributed by atoms with Crippen molar-refractivity contribution in [3.63, 3.8) is 0 Å². The Morgan fingerprint density at radius 2 is 1.64 bits per heavy atom. The Labute approximate surface area is 85.3 Å². The van der Waals surface area contributed by atoms with Crippen LogP contribution >= 0.6 is 37.2 Å². The lowest BCUT2D eigenvalue weighted by Gasteiger charge is -1.87. The zero-order valence-corrected chi connectivity index (χ0v) is 9.08. The van der Waals surface area contributed by atoms with E-state index in [0.29, 0.717) is 0 Å². The van der Waals surface area contributed by atoms with Crippen LogP contribution in [0.3, 0.4) is 0 Å². The van der Waals surface area contributed by atoms with Gasteiger partial charge in [-0.25, -0.2) is 8.42 Å². The van der Waals surface area contributed by atoms with Gasteiger partial charge in [-0.3, -0.25) is 0 Å². The van der Waals surface area contributed by atoms with Crippen molar-refractivity contribution in [2.75, 3.05) is 11.5 Å². The van der Waals surface area contributed by atoms with Crippen LogP contribution in [-0.2, 0) is 9.84 Å². The maximum atomic E-state index is 10.4. The molecule has 0 spiro atoms. The van der Waals surface area contributed by atoms with E-state index in [0.717, 1.165) is 0 Å². The van der Waals surface area contributed by atoms with Crippen molar-refractivity contribution in [2.24, 2.45) is 0 Å². The molecule has 70 valence electrons. The summed E-state index contributed by atoms with van der Waals surface area (Å²) in [5.41, 5.74) is 0. The van der Waals surface area contributed by atoms with Gasteiger partial charge in [0.2, 0.25) is 0 Å². The first-order valence-electron chi connectivity index (χ1n) is 2.19. The molecule has 0 amide bonds. The maximum Gasteiger partial charge on any atom is 0.163 e. The highest BCUT2D eigenvalue weighted by molar-refractivity contribution is 7.91. The molecular formula is C4H10Cl3NO2S. The number of sulfone groups is 1. The fourth-order valence-corrected chi connectivity index (χ4v) is 0.601. The minimum atomic E-state index is -3.03. The molecule has 3 nitrogen and oxygen atoms in total. The van der Waals surface area contributed by atoms with Gasteiger partial charge in [0.05, 0.1) is 6.07 Å². The molecule has 0 fully saturated rings. The molecule has 0 saturated heterocycles. The Hall–Kier alpha value is 0.310. The van der Waals surface area contributed by atoms with Gasteiger partial charge in [-0.05, 0) is 0 Å². The summed E-state index contributed by atoms with van der Waals surface area (Å²) < 4.78 is 20.8. The number of rotatable bonds is 2. The zero-order valence-electron chi connectivity index (χ0n) is 5.81. The topological polar surface area (TPSA) is 57.9 Å². The van der Waals surface area contributed by atoms with E-state index in [9.17, 15) is 8.42 Å². The minimum Gasteiger partial charge on any atom is -0.228 e. The molecule has 0 heterocycles. The van der Waals surface area contributed by atoms with E-state index in [1.165, 1.54) is 6.92 Å². The van der Waals surface area contributed by atoms with Gasteiger partial charge in [0.25, 0.3) is 0 Å². The standard InChI is InChI=1S/C4H7NO2S.3ClH/c1-2-8(6,7)4-3-5;;;/h2,4H2,1H3;3*1H. The number of halogens is 3. The fourth-order valence-electron chi connectivity index (χ4n) is 0.200. The summed E-state index contributed by atoms with van der Waals surface area (Å²) in [5, 5.41) is 7.90. The molecule has 0 atom stereocenters. The number of nitriles is 1. The highest BCUT2D eigenvalue weighted by atomic mass is 35.5. The minimum absolute atomic E-state index is 0.